The third kappa shape index (κ3) is 3.99. The monoisotopic (exact) mass is 340 g/mol. The maximum Gasteiger partial charge on any atom is 0.246 e. The summed E-state index contributed by atoms with van der Waals surface area (Å²) in [5.41, 5.74) is 1.46. The molecule has 1 aliphatic heterocycles. The Balaban J connectivity index is 1.60. The minimum atomic E-state index is -0.326. The predicted molar refractivity (Wildman–Crippen MR) is 97.2 cm³/mol. The van der Waals surface area contributed by atoms with Crippen LogP contribution >= 0.6 is 0 Å². The van der Waals surface area contributed by atoms with Crippen LogP contribution in [0.1, 0.15) is 5.56 Å². The summed E-state index contributed by atoms with van der Waals surface area (Å²) >= 11 is 0. The lowest BCUT2D eigenvalue weighted by molar-refractivity contribution is -0.126. The quantitative estimate of drug-likeness (QED) is 0.802. The van der Waals surface area contributed by atoms with Gasteiger partial charge < -0.3 is 14.5 Å². The molecule has 0 N–H and O–H groups in total. The highest BCUT2D eigenvalue weighted by atomic mass is 19.1. The summed E-state index contributed by atoms with van der Waals surface area (Å²) in [4.78, 5) is 16.3. The van der Waals surface area contributed by atoms with Crippen molar-refractivity contribution in [2.45, 2.75) is 0 Å². The summed E-state index contributed by atoms with van der Waals surface area (Å²) in [6, 6.07) is 14.3. The van der Waals surface area contributed by atoms with Crippen molar-refractivity contribution >= 4 is 17.7 Å². The Morgan fingerprint density at radius 2 is 1.72 bits per heavy atom. The molecule has 1 fully saturated rings. The normalized spacial score (nSPS) is 14.8. The van der Waals surface area contributed by atoms with Crippen molar-refractivity contribution in [2.75, 3.05) is 38.2 Å². The molecule has 1 aliphatic rings. The van der Waals surface area contributed by atoms with Gasteiger partial charge in [0.2, 0.25) is 5.91 Å². The fraction of sp³-hybridized carbons (Fsp3) is 0.250. The zero-order valence-electron chi connectivity index (χ0n) is 14.2. The third-order valence-corrected chi connectivity index (χ3v) is 4.33. The van der Waals surface area contributed by atoms with Crippen LogP contribution in [0.5, 0.6) is 5.75 Å². The van der Waals surface area contributed by atoms with Crippen LogP contribution in [0, 0.1) is 5.82 Å². The summed E-state index contributed by atoms with van der Waals surface area (Å²) < 4.78 is 19.0. The van der Waals surface area contributed by atoms with E-state index in [4.69, 9.17) is 4.74 Å². The van der Waals surface area contributed by atoms with Crippen molar-refractivity contribution in [1.29, 1.82) is 0 Å². The van der Waals surface area contributed by atoms with Crippen LogP contribution in [-0.2, 0) is 4.79 Å². The molecule has 1 amide bonds. The number of ether oxygens (including phenoxy) is 1. The van der Waals surface area contributed by atoms with E-state index in [1.54, 1.807) is 30.2 Å². The van der Waals surface area contributed by atoms with Gasteiger partial charge in [0, 0.05) is 37.8 Å². The zero-order chi connectivity index (χ0) is 17.6. The van der Waals surface area contributed by atoms with Crippen LogP contribution in [0.2, 0.25) is 0 Å². The average molecular weight is 340 g/mol. The molecule has 25 heavy (non-hydrogen) atoms. The van der Waals surface area contributed by atoms with Crippen LogP contribution in [-0.4, -0.2) is 44.1 Å². The number of anilines is 1. The Kier molecular flexibility index (Phi) is 5.33. The van der Waals surface area contributed by atoms with E-state index < -0.39 is 0 Å². The van der Waals surface area contributed by atoms with E-state index in [1.807, 2.05) is 24.3 Å². The predicted octanol–water partition coefficient (Wildman–Crippen LogP) is 3.20. The fourth-order valence-electron chi connectivity index (χ4n) is 2.94. The first-order chi connectivity index (χ1) is 12.2. The van der Waals surface area contributed by atoms with Crippen molar-refractivity contribution in [3.05, 3.63) is 66.0 Å². The first kappa shape index (κ1) is 17.0. The van der Waals surface area contributed by atoms with Gasteiger partial charge in [0.25, 0.3) is 0 Å². The molecule has 0 aliphatic carbocycles. The number of benzene rings is 2. The van der Waals surface area contributed by atoms with E-state index >= 15 is 0 Å². The smallest absolute Gasteiger partial charge is 0.246 e. The molecule has 3 rings (SSSR count). The molecule has 0 aromatic heterocycles. The average Bonchev–Trinajstić information content (AvgIpc) is 2.67. The number of nitrogens with zero attached hydrogens (tertiary/aromatic N) is 2. The van der Waals surface area contributed by atoms with Gasteiger partial charge >= 0.3 is 0 Å². The van der Waals surface area contributed by atoms with Crippen LogP contribution in [0.3, 0.4) is 0 Å². The zero-order valence-corrected chi connectivity index (χ0v) is 14.2. The van der Waals surface area contributed by atoms with Gasteiger partial charge in [0.05, 0.1) is 12.8 Å². The molecule has 4 nitrogen and oxygen atoms in total. The highest BCUT2D eigenvalue weighted by Gasteiger charge is 2.21. The summed E-state index contributed by atoms with van der Waals surface area (Å²) in [6.45, 7) is 2.72. The molecule has 0 saturated carbocycles. The molecule has 0 radical (unpaired) electrons. The second kappa shape index (κ2) is 7.83. The van der Waals surface area contributed by atoms with Crippen LogP contribution in [0.25, 0.3) is 6.08 Å². The molecule has 0 spiro atoms. The van der Waals surface area contributed by atoms with E-state index in [-0.39, 0.29) is 11.7 Å². The number of hydrogen-bond donors (Lipinski definition) is 0. The van der Waals surface area contributed by atoms with E-state index in [1.165, 1.54) is 18.2 Å². The number of rotatable bonds is 4. The molecule has 0 atom stereocenters. The lowest BCUT2D eigenvalue weighted by Gasteiger charge is -2.36. The molecular weight excluding hydrogens is 319 g/mol. The Labute approximate surface area is 147 Å². The third-order valence-electron chi connectivity index (χ3n) is 4.33. The Hall–Kier alpha value is -2.82. The number of para-hydroxylation sites is 2. The number of carbonyl (C=O) groups excluding carboxylic acids is 1. The summed E-state index contributed by atoms with van der Waals surface area (Å²) in [5.74, 6) is 0.414. The lowest BCUT2D eigenvalue weighted by atomic mass is 10.2. The summed E-state index contributed by atoms with van der Waals surface area (Å²) in [5, 5.41) is 0. The first-order valence-corrected chi connectivity index (χ1v) is 8.28. The topological polar surface area (TPSA) is 32.8 Å². The SMILES string of the molecule is COc1ccccc1N1CCN(C(=O)/C=C/c2ccccc2F)CC1. The van der Waals surface area contributed by atoms with E-state index in [0.29, 0.717) is 18.7 Å². The maximum absolute atomic E-state index is 13.6. The first-order valence-electron chi connectivity index (χ1n) is 8.28. The highest BCUT2D eigenvalue weighted by molar-refractivity contribution is 5.92. The van der Waals surface area contributed by atoms with Gasteiger partial charge in [-0.3, -0.25) is 4.79 Å². The molecule has 2 aromatic carbocycles. The molecular formula is C20H21FN2O2. The second-order valence-electron chi connectivity index (χ2n) is 5.84. The molecule has 5 heteroatoms. The molecule has 1 saturated heterocycles. The van der Waals surface area contributed by atoms with Crippen LogP contribution in [0.4, 0.5) is 10.1 Å². The Morgan fingerprint density at radius 3 is 2.44 bits per heavy atom. The minimum absolute atomic E-state index is 0.0945. The van der Waals surface area contributed by atoms with Gasteiger partial charge in [-0.2, -0.15) is 0 Å². The molecule has 0 bridgehead atoms. The summed E-state index contributed by atoms with van der Waals surface area (Å²) in [7, 11) is 1.66. The highest BCUT2D eigenvalue weighted by Crippen LogP contribution is 2.28. The molecule has 0 unspecified atom stereocenters. The standard InChI is InChI=1S/C20H21FN2O2/c1-25-19-9-5-4-8-18(19)22-12-14-23(15-13-22)20(24)11-10-16-6-2-3-7-17(16)21/h2-11H,12-15H2,1H3/b11-10+. The van der Waals surface area contributed by atoms with E-state index in [9.17, 15) is 9.18 Å². The van der Waals surface area contributed by atoms with Crippen molar-refractivity contribution in [2.24, 2.45) is 0 Å². The van der Waals surface area contributed by atoms with Gasteiger partial charge in [-0.25, -0.2) is 4.39 Å². The van der Waals surface area contributed by atoms with Gasteiger partial charge in [0.1, 0.15) is 11.6 Å². The summed E-state index contributed by atoms with van der Waals surface area (Å²) in [6.07, 6.45) is 2.97. The van der Waals surface area contributed by atoms with Crippen LogP contribution < -0.4 is 9.64 Å². The molecule has 2 aromatic rings. The van der Waals surface area contributed by atoms with Crippen LogP contribution in [0.15, 0.2) is 54.6 Å². The number of methoxy groups -OCH3 is 1. The fourth-order valence-corrected chi connectivity index (χ4v) is 2.94. The molecule has 1 heterocycles. The Morgan fingerprint density at radius 1 is 1.04 bits per heavy atom. The van der Waals surface area contributed by atoms with Gasteiger partial charge in [0.15, 0.2) is 0 Å². The van der Waals surface area contributed by atoms with E-state index in [2.05, 4.69) is 4.90 Å². The molecule has 130 valence electrons. The Bertz CT molecular complexity index is 768. The number of piperazine rings is 1. The van der Waals surface area contributed by atoms with Crippen molar-refractivity contribution in [3.63, 3.8) is 0 Å². The van der Waals surface area contributed by atoms with Gasteiger partial charge in [-0.1, -0.05) is 30.3 Å². The minimum Gasteiger partial charge on any atom is -0.495 e. The van der Waals surface area contributed by atoms with Gasteiger partial charge in [-0.05, 0) is 24.3 Å². The maximum atomic E-state index is 13.6. The van der Waals surface area contributed by atoms with E-state index in [0.717, 1.165) is 24.5 Å². The van der Waals surface area contributed by atoms with Gasteiger partial charge in [-0.15, -0.1) is 0 Å². The number of carbonyl (C=O) groups is 1. The number of hydrogen-bond acceptors (Lipinski definition) is 3. The largest absolute Gasteiger partial charge is 0.495 e. The van der Waals surface area contributed by atoms with Crippen molar-refractivity contribution < 1.29 is 13.9 Å². The second-order valence-corrected chi connectivity index (χ2v) is 5.84. The lowest BCUT2D eigenvalue weighted by Crippen LogP contribution is -2.48. The van der Waals surface area contributed by atoms with Crippen molar-refractivity contribution in [1.82, 2.24) is 4.90 Å². The van der Waals surface area contributed by atoms with Crippen molar-refractivity contribution in [3.8, 4) is 5.75 Å². The number of amides is 1. The number of halogens is 1.